The van der Waals surface area contributed by atoms with Crippen LogP contribution in [0.2, 0.25) is 0 Å². The van der Waals surface area contributed by atoms with Crippen LogP contribution in [-0.4, -0.2) is 38.3 Å². The third-order valence-electron chi connectivity index (χ3n) is 2.82. The molecule has 0 saturated carbocycles. The van der Waals surface area contributed by atoms with E-state index in [9.17, 15) is 13.2 Å². The minimum atomic E-state index is -3.74. The van der Waals surface area contributed by atoms with Crippen LogP contribution in [0, 0.1) is 0 Å². The second kappa shape index (κ2) is 5.48. The Morgan fingerprint density at radius 2 is 2.11 bits per heavy atom. The van der Waals surface area contributed by atoms with Crippen molar-refractivity contribution in [3.63, 3.8) is 0 Å². The summed E-state index contributed by atoms with van der Waals surface area (Å²) in [5, 5.41) is 2.64. The first-order valence-electron chi connectivity index (χ1n) is 5.73. The van der Waals surface area contributed by atoms with Gasteiger partial charge in [0, 0.05) is 17.6 Å². The standard InChI is InChI=1S/C11H14BrN3O3S/c12-8-2-3-10(9(13)6-8)19(17,18)15-5-1-4-14-11(16)7-15/h2-3,6H,1,4-5,7,13H2,(H,14,16). The van der Waals surface area contributed by atoms with Crippen LogP contribution in [0.4, 0.5) is 5.69 Å². The van der Waals surface area contributed by atoms with Crippen molar-refractivity contribution in [2.45, 2.75) is 11.3 Å². The SMILES string of the molecule is Nc1cc(Br)ccc1S(=O)(=O)N1CCCNC(=O)C1. The number of hydrogen-bond acceptors (Lipinski definition) is 4. The molecular weight excluding hydrogens is 334 g/mol. The maximum atomic E-state index is 12.5. The average molecular weight is 348 g/mol. The van der Waals surface area contributed by atoms with Gasteiger partial charge < -0.3 is 11.1 Å². The quantitative estimate of drug-likeness (QED) is 0.763. The first-order valence-corrected chi connectivity index (χ1v) is 7.96. The van der Waals surface area contributed by atoms with E-state index in [-0.39, 0.29) is 23.0 Å². The Balaban J connectivity index is 2.38. The van der Waals surface area contributed by atoms with Crippen molar-refractivity contribution >= 4 is 37.5 Å². The smallest absolute Gasteiger partial charge is 0.245 e. The highest BCUT2D eigenvalue weighted by molar-refractivity contribution is 9.10. The van der Waals surface area contributed by atoms with E-state index in [0.29, 0.717) is 24.0 Å². The second-order valence-corrected chi connectivity index (χ2v) is 7.05. The molecule has 104 valence electrons. The van der Waals surface area contributed by atoms with E-state index in [4.69, 9.17) is 5.73 Å². The number of halogens is 1. The average Bonchev–Trinajstić information content (AvgIpc) is 2.53. The Morgan fingerprint density at radius 1 is 1.37 bits per heavy atom. The third kappa shape index (κ3) is 3.07. The molecule has 1 amide bonds. The summed E-state index contributed by atoms with van der Waals surface area (Å²) in [6.45, 7) is 0.620. The van der Waals surface area contributed by atoms with Gasteiger partial charge in [0.2, 0.25) is 15.9 Å². The fourth-order valence-corrected chi connectivity index (χ4v) is 3.79. The highest BCUT2D eigenvalue weighted by Crippen LogP contribution is 2.26. The molecule has 0 aromatic heterocycles. The van der Waals surface area contributed by atoms with Gasteiger partial charge >= 0.3 is 0 Å². The molecule has 6 nitrogen and oxygen atoms in total. The van der Waals surface area contributed by atoms with Gasteiger partial charge in [-0.05, 0) is 24.6 Å². The van der Waals surface area contributed by atoms with Gasteiger partial charge in [-0.25, -0.2) is 8.42 Å². The zero-order chi connectivity index (χ0) is 14.0. The van der Waals surface area contributed by atoms with Gasteiger partial charge in [-0.1, -0.05) is 15.9 Å². The number of nitrogen functional groups attached to an aromatic ring is 1. The molecule has 1 aromatic rings. The highest BCUT2D eigenvalue weighted by Gasteiger charge is 2.29. The topological polar surface area (TPSA) is 92.5 Å². The zero-order valence-corrected chi connectivity index (χ0v) is 12.5. The fraction of sp³-hybridized carbons (Fsp3) is 0.364. The van der Waals surface area contributed by atoms with Gasteiger partial charge in [0.05, 0.1) is 12.2 Å². The van der Waals surface area contributed by atoms with Crippen molar-refractivity contribution in [3.8, 4) is 0 Å². The van der Waals surface area contributed by atoms with Crippen LogP contribution in [0.15, 0.2) is 27.6 Å². The number of amides is 1. The summed E-state index contributed by atoms with van der Waals surface area (Å²) in [7, 11) is -3.74. The molecule has 8 heteroatoms. The number of carbonyl (C=O) groups is 1. The number of nitrogens with one attached hydrogen (secondary N) is 1. The van der Waals surface area contributed by atoms with Gasteiger partial charge in [0.15, 0.2) is 0 Å². The molecule has 0 unspecified atom stereocenters. The van der Waals surface area contributed by atoms with Gasteiger partial charge in [0.1, 0.15) is 4.90 Å². The van der Waals surface area contributed by atoms with E-state index in [1.54, 1.807) is 6.07 Å². The maximum Gasteiger partial charge on any atom is 0.245 e. The second-order valence-electron chi connectivity index (χ2n) is 4.22. The van der Waals surface area contributed by atoms with E-state index in [1.807, 2.05) is 0 Å². The Morgan fingerprint density at radius 3 is 2.79 bits per heavy atom. The van der Waals surface area contributed by atoms with Gasteiger partial charge in [0.25, 0.3) is 0 Å². The van der Waals surface area contributed by atoms with Crippen molar-refractivity contribution in [3.05, 3.63) is 22.7 Å². The van der Waals surface area contributed by atoms with Crippen LogP contribution in [0.5, 0.6) is 0 Å². The lowest BCUT2D eigenvalue weighted by Gasteiger charge is -2.19. The minimum Gasteiger partial charge on any atom is -0.398 e. The highest BCUT2D eigenvalue weighted by atomic mass is 79.9. The predicted molar refractivity (Wildman–Crippen MR) is 74.9 cm³/mol. The summed E-state index contributed by atoms with van der Waals surface area (Å²) in [4.78, 5) is 11.5. The van der Waals surface area contributed by atoms with Crippen LogP contribution in [0.3, 0.4) is 0 Å². The normalized spacial score (nSPS) is 17.8. The van der Waals surface area contributed by atoms with Crippen molar-refractivity contribution in [1.29, 1.82) is 0 Å². The lowest BCUT2D eigenvalue weighted by molar-refractivity contribution is -0.120. The molecule has 0 aliphatic carbocycles. The molecule has 0 bridgehead atoms. The number of anilines is 1. The first kappa shape index (κ1) is 14.3. The Hall–Kier alpha value is -1.12. The summed E-state index contributed by atoms with van der Waals surface area (Å²) in [6, 6.07) is 4.59. The van der Waals surface area contributed by atoms with E-state index in [2.05, 4.69) is 21.2 Å². The predicted octanol–water partition coefficient (Wildman–Crippen LogP) is 0.542. The molecule has 0 atom stereocenters. The Bertz CT molecular complexity index is 603. The zero-order valence-electron chi connectivity index (χ0n) is 10.1. The molecule has 1 fully saturated rings. The van der Waals surface area contributed by atoms with Gasteiger partial charge in [-0.3, -0.25) is 4.79 Å². The van der Waals surface area contributed by atoms with Crippen LogP contribution in [0.1, 0.15) is 6.42 Å². The van der Waals surface area contributed by atoms with E-state index in [1.165, 1.54) is 12.1 Å². The fourth-order valence-electron chi connectivity index (χ4n) is 1.88. The molecule has 1 aliphatic rings. The molecule has 1 heterocycles. The van der Waals surface area contributed by atoms with Crippen molar-refractivity contribution in [2.75, 3.05) is 25.4 Å². The van der Waals surface area contributed by atoms with E-state index in [0.717, 1.165) is 4.31 Å². The monoisotopic (exact) mass is 347 g/mol. The summed E-state index contributed by atoms with van der Waals surface area (Å²) in [5.41, 5.74) is 5.92. The summed E-state index contributed by atoms with van der Waals surface area (Å²) >= 11 is 3.23. The lowest BCUT2D eigenvalue weighted by Crippen LogP contribution is -2.37. The number of sulfonamides is 1. The largest absolute Gasteiger partial charge is 0.398 e. The molecule has 1 aromatic carbocycles. The molecule has 0 spiro atoms. The molecule has 0 radical (unpaired) electrons. The molecule has 19 heavy (non-hydrogen) atoms. The number of benzene rings is 1. The molecule has 3 N–H and O–H groups in total. The first-order chi connectivity index (χ1) is 8.91. The molecule has 2 rings (SSSR count). The molecular formula is C11H14BrN3O3S. The van der Waals surface area contributed by atoms with Crippen LogP contribution in [0.25, 0.3) is 0 Å². The third-order valence-corrected chi connectivity index (χ3v) is 5.23. The van der Waals surface area contributed by atoms with Crippen molar-refractivity contribution in [1.82, 2.24) is 9.62 Å². The van der Waals surface area contributed by atoms with Crippen LogP contribution in [-0.2, 0) is 14.8 Å². The lowest BCUT2D eigenvalue weighted by atomic mass is 10.3. The van der Waals surface area contributed by atoms with Crippen molar-refractivity contribution < 1.29 is 13.2 Å². The number of rotatable bonds is 2. The summed E-state index contributed by atoms with van der Waals surface area (Å²) in [5.74, 6) is -0.295. The van der Waals surface area contributed by atoms with E-state index >= 15 is 0 Å². The minimum absolute atomic E-state index is 0.0328. The number of carbonyl (C=O) groups excluding carboxylic acids is 1. The Labute approximate surface area is 120 Å². The van der Waals surface area contributed by atoms with Crippen LogP contribution >= 0.6 is 15.9 Å². The number of nitrogens with zero attached hydrogens (tertiary/aromatic N) is 1. The van der Waals surface area contributed by atoms with Crippen molar-refractivity contribution in [2.24, 2.45) is 0 Å². The van der Waals surface area contributed by atoms with Gasteiger partial charge in [-0.2, -0.15) is 4.31 Å². The summed E-state index contributed by atoms with van der Waals surface area (Å²) in [6.07, 6.45) is 0.585. The van der Waals surface area contributed by atoms with Gasteiger partial charge in [-0.15, -0.1) is 0 Å². The molecule has 1 saturated heterocycles. The van der Waals surface area contributed by atoms with Crippen LogP contribution < -0.4 is 11.1 Å². The van der Waals surface area contributed by atoms with E-state index < -0.39 is 10.0 Å². The maximum absolute atomic E-state index is 12.5. The number of nitrogens with two attached hydrogens (primary N) is 1. The Kier molecular flexibility index (Phi) is 4.12. The number of hydrogen-bond donors (Lipinski definition) is 2. The summed E-state index contributed by atoms with van der Waals surface area (Å²) < 4.78 is 26.8. The molecule has 1 aliphatic heterocycles.